The Bertz CT molecular complexity index is 533. The summed E-state index contributed by atoms with van der Waals surface area (Å²) in [6.45, 7) is 0.448. The Balaban J connectivity index is 2.48. The van der Waals surface area contributed by atoms with E-state index in [2.05, 4.69) is 5.32 Å². The summed E-state index contributed by atoms with van der Waals surface area (Å²) in [7, 11) is 0. The summed E-state index contributed by atoms with van der Waals surface area (Å²) in [5, 5.41) is 9.57. The summed E-state index contributed by atoms with van der Waals surface area (Å²) >= 11 is 0. The van der Waals surface area contributed by atoms with E-state index >= 15 is 0 Å². The molecular formula is C13H18N4O3. The van der Waals surface area contributed by atoms with Crippen LogP contribution in [0.25, 0.3) is 0 Å². The van der Waals surface area contributed by atoms with Gasteiger partial charge in [-0.25, -0.2) is 4.79 Å². The smallest absolute Gasteiger partial charge is 0.328 e. The van der Waals surface area contributed by atoms with Crippen molar-refractivity contribution in [2.75, 3.05) is 6.54 Å². The quantitative estimate of drug-likeness (QED) is 0.241. The monoisotopic (exact) mass is 278 g/mol. The lowest BCUT2D eigenvalue weighted by Crippen LogP contribution is -2.36. The molecule has 0 heterocycles. The van der Waals surface area contributed by atoms with E-state index in [1.54, 1.807) is 18.2 Å². The van der Waals surface area contributed by atoms with Crippen molar-refractivity contribution in [3.05, 3.63) is 40.6 Å². The van der Waals surface area contributed by atoms with Gasteiger partial charge in [-0.15, -0.1) is 0 Å². The predicted molar refractivity (Wildman–Crippen MR) is 75.5 cm³/mol. The Hall–Kier alpha value is -2.41. The van der Waals surface area contributed by atoms with Gasteiger partial charge in [-0.3, -0.25) is 10.2 Å². The van der Waals surface area contributed by atoms with Crippen LogP contribution in [0.2, 0.25) is 0 Å². The van der Waals surface area contributed by atoms with Crippen LogP contribution >= 0.6 is 0 Å². The number of ether oxygens (including phenoxy) is 1. The van der Waals surface area contributed by atoms with E-state index in [0.717, 1.165) is 0 Å². The first kappa shape index (κ1) is 15.6. The zero-order valence-electron chi connectivity index (χ0n) is 11.0. The van der Waals surface area contributed by atoms with Crippen LogP contribution in [0.4, 0.5) is 0 Å². The second-order valence-corrected chi connectivity index (χ2v) is 4.15. The molecule has 0 saturated heterocycles. The Labute approximate surface area is 116 Å². The van der Waals surface area contributed by atoms with Gasteiger partial charge >= 0.3 is 5.97 Å². The van der Waals surface area contributed by atoms with E-state index in [9.17, 15) is 9.59 Å². The van der Waals surface area contributed by atoms with Crippen LogP contribution in [-0.2, 0) is 4.79 Å². The Morgan fingerprint density at radius 1 is 1.35 bits per heavy atom. The van der Waals surface area contributed by atoms with Crippen molar-refractivity contribution in [3.63, 3.8) is 0 Å². The molecule has 0 aromatic heterocycles. The second kappa shape index (κ2) is 7.90. The molecule has 1 aromatic rings. The number of nitrogens with two attached hydrogens (primary N) is 2. The van der Waals surface area contributed by atoms with E-state index in [4.69, 9.17) is 21.6 Å². The van der Waals surface area contributed by atoms with Crippen LogP contribution in [0.5, 0.6) is 5.75 Å². The van der Waals surface area contributed by atoms with Gasteiger partial charge < -0.3 is 21.5 Å². The van der Waals surface area contributed by atoms with Crippen LogP contribution in [0, 0.1) is 5.41 Å². The molecule has 0 amide bonds. The maximum Gasteiger partial charge on any atom is 0.328 e. The largest absolute Gasteiger partial charge is 0.421 e. The first-order chi connectivity index (χ1) is 9.50. The van der Waals surface area contributed by atoms with Crippen molar-refractivity contribution in [3.8, 4) is 5.75 Å². The lowest BCUT2D eigenvalue weighted by atomic mass is 10.2. The molecule has 20 heavy (non-hydrogen) atoms. The molecule has 7 nitrogen and oxygen atoms in total. The number of carbonyl (C=O) groups is 1. The van der Waals surface area contributed by atoms with E-state index in [1.807, 2.05) is 0 Å². The zero-order chi connectivity index (χ0) is 15.0. The predicted octanol–water partition coefficient (Wildman–Crippen LogP) is -0.457. The van der Waals surface area contributed by atoms with E-state index in [-0.39, 0.29) is 17.1 Å². The fraction of sp³-hybridized carbons (Fsp3) is 0.308. The van der Waals surface area contributed by atoms with Gasteiger partial charge in [0, 0.05) is 6.54 Å². The lowest BCUT2D eigenvalue weighted by Gasteiger charge is -2.10. The highest BCUT2D eigenvalue weighted by Crippen LogP contribution is 2.04. The third kappa shape index (κ3) is 5.49. The number of guanidine groups is 1. The van der Waals surface area contributed by atoms with Crippen molar-refractivity contribution in [2.45, 2.75) is 18.9 Å². The molecule has 0 fully saturated rings. The van der Waals surface area contributed by atoms with E-state index < -0.39 is 12.0 Å². The Morgan fingerprint density at radius 2 is 2.05 bits per heavy atom. The zero-order valence-corrected chi connectivity index (χ0v) is 11.0. The lowest BCUT2D eigenvalue weighted by molar-refractivity contribution is -0.136. The average Bonchev–Trinajstić information content (AvgIpc) is 2.59. The molecule has 0 radical (unpaired) electrons. The maximum absolute atomic E-state index is 11.7. The summed E-state index contributed by atoms with van der Waals surface area (Å²) in [4.78, 5) is 23.3. The number of nitrogens with one attached hydrogen (secondary N) is 2. The molecule has 0 aliphatic rings. The van der Waals surface area contributed by atoms with Crippen LogP contribution in [0.3, 0.4) is 0 Å². The van der Waals surface area contributed by atoms with Crippen LogP contribution in [-0.4, -0.2) is 24.5 Å². The number of rotatable bonds is 6. The number of esters is 1. The molecule has 0 unspecified atom stereocenters. The highest BCUT2D eigenvalue weighted by Gasteiger charge is 2.16. The van der Waals surface area contributed by atoms with Gasteiger partial charge in [-0.05, 0) is 25.0 Å². The van der Waals surface area contributed by atoms with Gasteiger partial charge in [0.15, 0.2) is 11.7 Å². The van der Waals surface area contributed by atoms with Gasteiger partial charge in [-0.1, -0.05) is 18.2 Å². The highest BCUT2D eigenvalue weighted by molar-refractivity contribution is 5.77. The number of hydrogen-bond donors (Lipinski definition) is 4. The standard InChI is InChI=1S/C13H18N4O3/c14-9(5-4-8-17-13(15)16)12(19)20-11-7-3-1-2-6-10(11)18/h1-3,6-7,9H,4-5,8,14H2,(H4,15,16,17)/t9-/m0/s1. The van der Waals surface area contributed by atoms with Crippen LogP contribution in [0.15, 0.2) is 35.1 Å². The van der Waals surface area contributed by atoms with Crippen LogP contribution in [0.1, 0.15) is 12.8 Å². The van der Waals surface area contributed by atoms with Crippen molar-refractivity contribution in [2.24, 2.45) is 11.5 Å². The molecule has 1 rings (SSSR count). The van der Waals surface area contributed by atoms with Crippen LogP contribution < -0.4 is 26.9 Å². The second-order valence-electron chi connectivity index (χ2n) is 4.15. The molecular weight excluding hydrogens is 260 g/mol. The summed E-state index contributed by atoms with van der Waals surface area (Å²) in [5.41, 5.74) is 10.4. The molecule has 0 saturated carbocycles. The molecule has 7 heteroatoms. The van der Waals surface area contributed by atoms with E-state index in [0.29, 0.717) is 19.4 Å². The normalized spacial score (nSPS) is 11.4. The van der Waals surface area contributed by atoms with Crippen molar-refractivity contribution in [1.82, 2.24) is 5.32 Å². The van der Waals surface area contributed by atoms with Crippen molar-refractivity contribution < 1.29 is 9.53 Å². The Kier molecular flexibility index (Phi) is 6.18. The first-order valence-corrected chi connectivity index (χ1v) is 6.15. The first-order valence-electron chi connectivity index (χ1n) is 6.15. The molecule has 1 atom stereocenters. The highest BCUT2D eigenvalue weighted by atomic mass is 16.5. The summed E-state index contributed by atoms with van der Waals surface area (Å²) in [6, 6.07) is 6.73. The fourth-order valence-corrected chi connectivity index (χ4v) is 1.45. The van der Waals surface area contributed by atoms with Gasteiger partial charge in [-0.2, -0.15) is 0 Å². The van der Waals surface area contributed by atoms with Gasteiger partial charge in [0.25, 0.3) is 0 Å². The SMILES string of the molecule is N=C(N)NCCC[C@H](N)C(=O)Oc1cccccc1=O. The molecule has 0 spiro atoms. The molecule has 6 N–H and O–H groups in total. The average molecular weight is 278 g/mol. The minimum Gasteiger partial charge on any atom is -0.421 e. The van der Waals surface area contributed by atoms with Crippen molar-refractivity contribution >= 4 is 11.9 Å². The molecule has 0 bridgehead atoms. The minimum absolute atomic E-state index is 0.0442. The van der Waals surface area contributed by atoms with Gasteiger partial charge in [0.2, 0.25) is 5.43 Å². The maximum atomic E-state index is 11.7. The molecule has 108 valence electrons. The van der Waals surface area contributed by atoms with Gasteiger partial charge in [0.05, 0.1) is 0 Å². The number of hydrogen-bond acceptors (Lipinski definition) is 5. The molecule has 0 aliphatic heterocycles. The third-order valence-corrected chi connectivity index (χ3v) is 2.48. The third-order valence-electron chi connectivity index (χ3n) is 2.48. The molecule has 1 aromatic carbocycles. The van der Waals surface area contributed by atoms with Gasteiger partial charge in [0.1, 0.15) is 6.04 Å². The topological polar surface area (TPSA) is 131 Å². The van der Waals surface area contributed by atoms with E-state index in [1.165, 1.54) is 12.1 Å². The summed E-state index contributed by atoms with van der Waals surface area (Å²) in [6.07, 6.45) is 0.926. The van der Waals surface area contributed by atoms with Crippen molar-refractivity contribution in [1.29, 1.82) is 5.41 Å². The number of carbonyl (C=O) groups excluding carboxylic acids is 1. The summed E-state index contributed by atoms with van der Waals surface area (Å²) in [5.74, 6) is -0.831. The fourth-order valence-electron chi connectivity index (χ4n) is 1.45. The Morgan fingerprint density at radius 3 is 2.75 bits per heavy atom. The minimum atomic E-state index is -0.825. The summed E-state index contributed by atoms with van der Waals surface area (Å²) < 4.78 is 4.98. The molecule has 0 aliphatic carbocycles.